The summed E-state index contributed by atoms with van der Waals surface area (Å²) in [7, 11) is 1.78. The van der Waals surface area contributed by atoms with Gasteiger partial charge in [-0.25, -0.2) is 0 Å². The van der Waals surface area contributed by atoms with Crippen LogP contribution in [0, 0.1) is 0 Å². The largest absolute Gasteiger partial charge is 0.378 e. The fourth-order valence-corrected chi connectivity index (χ4v) is 2.41. The summed E-state index contributed by atoms with van der Waals surface area (Å²) in [5.74, 6) is 0.708. The van der Waals surface area contributed by atoms with E-state index in [9.17, 15) is 0 Å². The lowest BCUT2D eigenvalue weighted by molar-refractivity contribution is 0.0232. The van der Waals surface area contributed by atoms with Crippen LogP contribution in [0.2, 0.25) is 0 Å². The molecule has 1 aliphatic heterocycles. The zero-order valence-electron chi connectivity index (χ0n) is 11.1. The van der Waals surface area contributed by atoms with Crippen molar-refractivity contribution in [3.05, 3.63) is 35.4 Å². The summed E-state index contributed by atoms with van der Waals surface area (Å²) in [5, 5.41) is 3.41. The monoisotopic (exact) mass is 233 g/mol. The first-order valence-corrected chi connectivity index (χ1v) is 6.45. The molecule has 94 valence electrons. The SMILES string of the molecule is COC(C)(C)Cc1ccc(C2CCNC2)cc1. The number of rotatable bonds is 4. The van der Waals surface area contributed by atoms with E-state index in [1.807, 2.05) is 0 Å². The molecule has 1 heterocycles. The van der Waals surface area contributed by atoms with Crippen LogP contribution >= 0.6 is 0 Å². The molecule has 1 unspecified atom stereocenters. The molecule has 0 aliphatic carbocycles. The Balaban J connectivity index is 2.02. The molecule has 2 nitrogen and oxygen atoms in total. The molecule has 1 aliphatic rings. The number of benzene rings is 1. The maximum absolute atomic E-state index is 5.46. The molecule has 1 aromatic carbocycles. The normalized spacial score (nSPS) is 20.8. The minimum atomic E-state index is -0.0730. The van der Waals surface area contributed by atoms with Gasteiger partial charge in [0.15, 0.2) is 0 Å². The van der Waals surface area contributed by atoms with Gasteiger partial charge in [0.05, 0.1) is 5.60 Å². The van der Waals surface area contributed by atoms with Gasteiger partial charge in [0.2, 0.25) is 0 Å². The number of ether oxygens (including phenoxy) is 1. The fourth-order valence-electron chi connectivity index (χ4n) is 2.41. The summed E-state index contributed by atoms with van der Waals surface area (Å²) in [5.41, 5.74) is 2.75. The van der Waals surface area contributed by atoms with Crippen LogP contribution in [0.25, 0.3) is 0 Å². The summed E-state index contributed by atoms with van der Waals surface area (Å²) in [6.07, 6.45) is 2.23. The highest BCUT2D eigenvalue weighted by Gasteiger charge is 2.18. The Morgan fingerprint density at radius 3 is 2.53 bits per heavy atom. The number of nitrogens with one attached hydrogen (secondary N) is 1. The Bertz CT molecular complexity index is 350. The Morgan fingerprint density at radius 2 is 2.00 bits per heavy atom. The molecule has 0 aromatic heterocycles. The highest BCUT2D eigenvalue weighted by molar-refractivity contribution is 5.27. The molecular formula is C15H23NO. The zero-order valence-corrected chi connectivity index (χ0v) is 11.1. The summed E-state index contributed by atoms with van der Waals surface area (Å²) in [4.78, 5) is 0. The Kier molecular flexibility index (Phi) is 3.85. The molecule has 1 aromatic rings. The van der Waals surface area contributed by atoms with Gasteiger partial charge in [-0.05, 0) is 43.9 Å². The molecule has 0 radical (unpaired) electrons. The smallest absolute Gasteiger partial charge is 0.0662 e. The molecule has 1 fully saturated rings. The predicted octanol–water partition coefficient (Wildman–Crippen LogP) is 2.73. The van der Waals surface area contributed by atoms with E-state index in [1.165, 1.54) is 17.5 Å². The second-order valence-electron chi connectivity index (χ2n) is 5.57. The van der Waals surface area contributed by atoms with E-state index in [2.05, 4.69) is 43.4 Å². The van der Waals surface area contributed by atoms with Crippen molar-refractivity contribution in [1.29, 1.82) is 0 Å². The number of methoxy groups -OCH3 is 1. The first-order chi connectivity index (χ1) is 8.11. The molecule has 1 N–H and O–H groups in total. The standard InChI is InChI=1S/C15H23NO/c1-15(2,17-3)10-12-4-6-13(7-5-12)14-8-9-16-11-14/h4-7,14,16H,8-11H2,1-3H3. The van der Waals surface area contributed by atoms with Crippen LogP contribution in [0.15, 0.2) is 24.3 Å². The summed E-state index contributed by atoms with van der Waals surface area (Å²) < 4.78 is 5.46. The van der Waals surface area contributed by atoms with Gasteiger partial charge in [-0.3, -0.25) is 0 Å². The lowest BCUT2D eigenvalue weighted by Gasteiger charge is -2.23. The van der Waals surface area contributed by atoms with Crippen molar-refractivity contribution in [3.63, 3.8) is 0 Å². The Hall–Kier alpha value is -0.860. The molecular weight excluding hydrogens is 210 g/mol. The molecule has 0 bridgehead atoms. The second-order valence-corrected chi connectivity index (χ2v) is 5.57. The van der Waals surface area contributed by atoms with Crippen molar-refractivity contribution in [2.45, 2.75) is 38.2 Å². The zero-order chi connectivity index (χ0) is 12.3. The molecule has 2 heteroatoms. The van der Waals surface area contributed by atoms with Crippen LogP contribution in [0.4, 0.5) is 0 Å². The minimum Gasteiger partial charge on any atom is -0.378 e. The summed E-state index contributed by atoms with van der Waals surface area (Å²) >= 11 is 0. The van der Waals surface area contributed by atoms with E-state index in [-0.39, 0.29) is 5.60 Å². The Morgan fingerprint density at radius 1 is 1.29 bits per heavy atom. The fraction of sp³-hybridized carbons (Fsp3) is 0.600. The third kappa shape index (κ3) is 3.30. The van der Waals surface area contributed by atoms with Crippen LogP contribution in [-0.2, 0) is 11.2 Å². The lowest BCUT2D eigenvalue weighted by Crippen LogP contribution is -2.25. The van der Waals surface area contributed by atoms with Gasteiger partial charge in [0, 0.05) is 20.1 Å². The third-order valence-corrected chi connectivity index (χ3v) is 3.69. The number of hydrogen-bond acceptors (Lipinski definition) is 2. The van der Waals surface area contributed by atoms with Crippen molar-refractivity contribution in [1.82, 2.24) is 5.32 Å². The topological polar surface area (TPSA) is 21.3 Å². The molecule has 17 heavy (non-hydrogen) atoms. The van der Waals surface area contributed by atoms with Crippen molar-refractivity contribution in [3.8, 4) is 0 Å². The van der Waals surface area contributed by atoms with Crippen molar-refractivity contribution in [2.75, 3.05) is 20.2 Å². The van der Waals surface area contributed by atoms with Crippen LogP contribution in [0.3, 0.4) is 0 Å². The quantitative estimate of drug-likeness (QED) is 0.863. The molecule has 2 rings (SSSR count). The van der Waals surface area contributed by atoms with Gasteiger partial charge in [-0.15, -0.1) is 0 Å². The average Bonchev–Trinajstić information content (AvgIpc) is 2.83. The maximum atomic E-state index is 5.46. The predicted molar refractivity (Wildman–Crippen MR) is 71.5 cm³/mol. The molecule has 0 spiro atoms. The first-order valence-electron chi connectivity index (χ1n) is 6.45. The second kappa shape index (κ2) is 5.19. The highest BCUT2D eigenvalue weighted by atomic mass is 16.5. The van der Waals surface area contributed by atoms with Crippen LogP contribution in [0.5, 0.6) is 0 Å². The van der Waals surface area contributed by atoms with Gasteiger partial charge in [0.25, 0.3) is 0 Å². The molecule has 0 saturated carbocycles. The van der Waals surface area contributed by atoms with Crippen molar-refractivity contribution in [2.24, 2.45) is 0 Å². The molecule has 1 atom stereocenters. The first kappa shape index (κ1) is 12.6. The Labute approximate surface area is 104 Å². The van der Waals surface area contributed by atoms with E-state index in [0.29, 0.717) is 5.92 Å². The van der Waals surface area contributed by atoms with Crippen molar-refractivity contribution >= 4 is 0 Å². The minimum absolute atomic E-state index is 0.0730. The summed E-state index contributed by atoms with van der Waals surface area (Å²) in [6.45, 7) is 6.54. The van der Waals surface area contributed by atoms with E-state index in [4.69, 9.17) is 4.74 Å². The van der Waals surface area contributed by atoms with Gasteiger partial charge in [-0.1, -0.05) is 24.3 Å². The summed E-state index contributed by atoms with van der Waals surface area (Å²) in [6, 6.07) is 9.04. The van der Waals surface area contributed by atoms with E-state index in [0.717, 1.165) is 19.5 Å². The molecule has 1 saturated heterocycles. The highest BCUT2D eigenvalue weighted by Crippen LogP contribution is 2.24. The maximum Gasteiger partial charge on any atom is 0.0662 e. The van der Waals surface area contributed by atoms with Gasteiger partial charge >= 0.3 is 0 Å². The van der Waals surface area contributed by atoms with Crippen LogP contribution in [0.1, 0.15) is 37.3 Å². The van der Waals surface area contributed by atoms with Gasteiger partial charge < -0.3 is 10.1 Å². The van der Waals surface area contributed by atoms with E-state index in [1.54, 1.807) is 7.11 Å². The van der Waals surface area contributed by atoms with E-state index >= 15 is 0 Å². The lowest BCUT2D eigenvalue weighted by atomic mass is 9.94. The number of hydrogen-bond donors (Lipinski definition) is 1. The third-order valence-electron chi connectivity index (χ3n) is 3.69. The van der Waals surface area contributed by atoms with Gasteiger partial charge in [-0.2, -0.15) is 0 Å². The van der Waals surface area contributed by atoms with Crippen LogP contribution < -0.4 is 5.32 Å². The van der Waals surface area contributed by atoms with Crippen molar-refractivity contribution < 1.29 is 4.74 Å². The molecule has 0 amide bonds. The van der Waals surface area contributed by atoms with Crippen LogP contribution in [-0.4, -0.2) is 25.8 Å². The average molecular weight is 233 g/mol. The van der Waals surface area contributed by atoms with E-state index < -0.39 is 0 Å². The van der Waals surface area contributed by atoms with Gasteiger partial charge in [0.1, 0.15) is 0 Å².